The fourth-order valence-corrected chi connectivity index (χ4v) is 5.72. The monoisotopic (exact) mass is 491 g/mol. The highest BCUT2D eigenvalue weighted by molar-refractivity contribution is 7.19. The molecule has 0 radical (unpaired) electrons. The van der Waals surface area contributed by atoms with Gasteiger partial charge in [-0.2, -0.15) is 0 Å². The quantitative estimate of drug-likeness (QED) is 0.431. The molecule has 2 aromatic carbocycles. The number of benzene rings is 2. The normalized spacial score (nSPS) is 14.0. The van der Waals surface area contributed by atoms with Crippen molar-refractivity contribution in [3.63, 3.8) is 0 Å². The number of amides is 2. The van der Waals surface area contributed by atoms with E-state index in [2.05, 4.69) is 15.3 Å². The number of nitrogens with two attached hydrogens (primary N) is 1. The second-order valence-corrected chi connectivity index (χ2v) is 9.62. The average molecular weight is 492 g/mol. The van der Waals surface area contributed by atoms with Crippen LogP contribution in [0.3, 0.4) is 0 Å². The van der Waals surface area contributed by atoms with Gasteiger partial charge in [-0.1, -0.05) is 54.1 Å². The van der Waals surface area contributed by atoms with Gasteiger partial charge in [-0.3, -0.25) is 9.59 Å². The van der Waals surface area contributed by atoms with Crippen LogP contribution in [0.15, 0.2) is 60.9 Å². The molecule has 0 aliphatic carbocycles. The van der Waals surface area contributed by atoms with Crippen LogP contribution in [-0.2, 0) is 17.8 Å². The van der Waals surface area contributed by atoms with Gasteiger partial charge in [-0.05, 0) is 29.7 Å². The van der Waals surface area contributed by atoms with Crippen molar-refractivity contribution in [3.8, 4) is 0 Å². The van der Waals surface area contributed by atoms with Crippen LogP contribution >= 0.6 is 22.9 Å². The Morgan fingerprint density at radius 1 is 1.12 bits per heavy atom. The van der Waals surface area contributed by atoms with Gasteiger partial charge < -0.3 is 16.0 Å². The average Bonchev–Trinajstić information content (AvgIpc) is 3.23. The summed E-state index contributed by atoms with van der Waals surface area (Å²) in [6, 6.07) is 15.9. The Labute approximate surface area is 205 Å². The van der Waals surface area contributed by atoms with E-state index in [1.165, 1.54) is 6.33 Å². The molecule has 0 saturated heterocycles. The molecule has 7 nitrogen and oxygen atoms in total. The number of anilines is 1. The lowest BCUT2D eigenvalue weighted by Gasteiger charge is -2.29. The molecular weight excluding hydrogens is 470 g/mol. The van der Waals surface area contributed by atoms with Gasteiger partial charge in [0.05, 0.1) is 35.0 Å². The van der Waals surface area contributed by atoms with Crippen molar-refractivity contribution in [2.45, 2.75) is 25.4 Å². The summed E-state index contributed by atoms with van der Waals surface area (Å²) in [6.07, 6.45) is 2.30. The van der Waals surface area contributed by atoms with Crippen molar-refractivity contribution in [3.05, 3.63) is 87.5 Å². The van der Waals surface area contributed by atoms with E-state index in [9.17, 15) is 9.59 Å². The van der Waals surface area contributed by atoms with Gasteiger partial charge >= 0.3 is 0 Å². The predicted molar refractivity (Wildman–Crippen MR) is 134 cm³/mol. The van der Waals surface area contributed by atoms with Gasteiger partial charge in [0.2, 0.25) is 5.91 Å². The van der Waals surface area contributed by atoms with Gasteiger partial charge in [0.25, 0.3) is 5.91 Å². The molecule has 3 N–H and O–H groups in total. The highest BCUT2D eigenvalue weighted by Gasteiger charge is 2.28. The molecule has 1 aliphatic heterocycles. The first-order chi connectivity index (χ1) is 16.5. The van der Waals surface area contributed by atoms with E-state index in [0.29, 0.717) is 35.9 Å². The van der Waals surface area contributed by atoms with E-state index in [4.69, 9.17) is 17.3 Å². The van der Waals surface area contributed by atoms with Crippen LogP contribution in [0.5, 0.6) is 0 Å². The third kappa shape index (κ3) is 4.34. The second-order valence-electron chi connectivity index (χ2n) is 8.13. The minimum absolute atomic E-state index is 0.0320. The fourth-order valence-electron chi connectivity index (χ4n) is 4.29. The molecule has 0 bridgehead atoms. The van der Waals surface area contributed by atoms with E-state index in [-0.39, 0.29) is 18.2 Å². The number of rotatable bonds is 5. The van der Waals surface area contributed by atoms with Crippen molar-refractivity contribution >= 4 is 50.8 Å². The van der Waals surface area contributed by atoms with Gasteiger partial charge in [0.1, 0.15) is 17.0 Å². The molecule has 3 heterocycles. The Morgan fingerprint density at radius 3 is 2.68 bits per heavy atom. The van der Waals surface area contributed by atoms with Crippen LogP contribution in [0.4, 0.5) is 5.82 Å². The minimum Gasteiger partial charge on any atom is -0.383 e. The van der Waals surface area contributed by atoms with Gasteiger partial charge in [-0.25, -0.2) is 9.97 Å². The molecule has 0 spiro atoms. The van der Waals surface area contributed by atoms with E-state index in [1.54, 1.807) is 35.6 Å². The van der Waals surface area contributed by atoms with Crippen molar-refractivity contribution in [2.24, 2.45) is 0 Å². The lowest BCUT2D eigenvalue weighted by molar-refractivity contribution is -0.132. The van der Waals surface area contributed by atoms with Crippen LogP contribution < -0.4 is 11.1 Å². The predicted octanol–water partition coefficient (Wildman–Crippen LogP) is 4.37. The molecular formula is C25H22ClN5O2S. The van der Waals surface area contributed by atoms with Gasteiger partial charge in [0.15, 0.2) is 0 Å². The van der Waals surface area contributed by atoms with E-state index in [0.717, 1.165) is 26.2 Å². The first-order valence-electron chi connectivity index (χ1n) is 10.9. The summed E-state index contributed by atoms with van der Waals surface area (Å²) in [4.78, 5) is 38.5. The fraction of sp³-hybridized carbons (Fsp3) is 0.200. The molecule has 1 aliphatic rings. The SMILES string of the molecule is Nc1ncnc2sc3c(c12)CCN(C(=O)C[C@H](NC(=O)c1ccccc1Cl)c1ccccc1)C3. The number of fused-ring (bicyclic) bond motifs is 3. The summed E-state index contributed by atoms with van der Waals surface area (Å²) >= 11 is 7.77. The lowest BCUT2D eigenvalue weighted by atomic mass is 10.0. The molecule has 4 aromatic rings. The zero-order valence-electron chi connectivity index (χ0n) is 18.2. The Kier molecular flexibility index (Phi) is 6.17. The van der Waals surface area contributed by atoms with Gasteiger partial charge in [-0.15, -0.1) is 11.3 Å². The van der Waals surface area contributed by atoms with Crippen LogP contribution in [0.2, 0.25) is 5.02 Å². The number of nitrogens with one attached hydrogen (secondary N) is 1. The molecule has 0 fully saturated rings. The van der Waals surface area contributed by atoms with Crippen LogP contribution in [-0.4, -0.2) is 33.2 Å². The highest BCUT2D eigenvalue weighted by atomic mass is 35.5. The molecule has 34 heavy (non-hydrogen) atoms. The van der Waals surface area contributed by atoms with E-state index >= 15 is 0 Å². The van der Waals surface area contributed by atoms with Crippen molar-refractivity contribution in [1.29, 1.82) is 0 Å². The highest BCUT2D eigenvalue weighted by Crippen LogP contribution is 2.36. The van der Waals surface area contributed by atoms with Crippen LogP contribution in [0.1, 0.15) is 38.8 Å². The van der Waals surface area contributed by atoms with Gasteiger partial charge in [0, 0.05) is 11.4 Å². The Balaban J connectivity index is 1.36. The lowest BCUT2D eigenvalue weighted by Crippen LogP contribution is -2.39. The van der Waals surface area contributed by atoms with Crippen molar-refractivity contribution < 1.29 is 9.59 Å². The number of nitrogens with zero attached hydrogens (tertiary/aromatic N) is 3. The van der Waals surface area contributed by atoms with Crippen LogP contribution in [0, 0.1) is 0 Å². The number of hydrogen-bond donors (Lipinski definition) is 2. The Bertz CT molecular complexity index is 1370. The summed E-state index contributed by atoms with van der Waals surface area (Å²) < 4.78 is 0. The zero-order chi connectivity index (χ0) is 23.7. The molecule has 0 unspecified atom stereocenters. The third-order valence-electron chi connectivity index (χ3n) is 6.02. The number of nitrogen functional groups attached to an aromatic ring is 1. The Hall–Kier alpha value is -3.49. The van der Waals surface area contributed by atoms with E-state index < -0.39 is 6.04 Å². The first-order valence-corrected chi connectivity index (χ1v) is 12.1. The third-order valence-corrected chi connectivity index (χ3v) is 7.48. The Morgan fingerprint density at radius 2 is 1.88 bits per heavy atom. The number of halogens is 1. The number of thiophene rings is 1. The zero-order valence-corrected chi connectivity index (χ0v) is 19.8. The van der Waals surface area contributed by atoms with Crippen LogP contribution in [0.25, 0.3) is 10.2 Å². The summed E-state index contributed by atoms with van der Waals surface area (Å²) in [6.45, 7) is 1.07. The molecule has 9 heteroatoms. The smallest absolute Gasteiger partial charge is 0.253 e. The maximum absolute atomic E-state index is 13.4. The molecule has 1 atom stereocenters. The molecule has 2 aromatic heterocycles. The summed E-state index contributed by atoms with van der Waals surface area (Å²) in [5.41, 5.74) is 8.45. The minimum atomic E-state index is -0.484. The maximum atomic E-state index is 13.4. The summed E-state index contributed by atoms with van der Waals surface area (Å²) in [7, 11) is 0. The largest absolute Gasteiger partial charge is 0.383 e. The van der Waals surface area contributed by atoms with E-state index in [1.807, 2.05) is 35.2 Å². The molecule has 2 amide bonds. The number of aromatic nitrogens is 2. The topological polar surface area (TPSA) is 101 Å². The van der Waals surface area contributed by atoms with Crippen molar-refractivity contribution in [1.82, 2.24) is 20.2 Å². The first kappa shape index (κ1) is 22.3. The number of carbonyl (C=O) groups excluding carboxylic acids is 2. The standard InChI is InChI=1S/C25H22ClN5O2S/c26-18-9-5-4-8-16(18)24(33)30-19(15-6-2-1-3-7-15)12-21(32)31-11-10-17-20(13-31)34-25-22(17)23(27)28-14-29-25/h1-9,14,19H,10-13H2,(H,30,33)(H2,27,28,29)/t19-/m0/s1. The number of carbonyl (C=O) groups is 2. The summed E-state index contributed by atoms with van der Waals surface area (Å²) in [5.74, 6) is 0.135. The number of hydrogen-bond acceptors (Lipinski definition) is 6. The maximum Gasteiger partial charge on any atom is 0.253 e. The molecule has 5 rings (SSSR count). The molecule has 0 saturated carbocycles. The second kappa shape index (κ2) is 9.40. The summed E-state index contributed by atoms with van der Waals surface area (Å²) in [5, 5.41) is 4.28. The molecule has 172 valence electrons. The van der Waals surface area contributed by atoms with Crippen molar-refractivity contribution in [2.75, 3.05) is 12.3 Å².